The number of anilines is 3. The average molecular weight is 620 g/mol. The number of nitrogens with one attached hydrogen (secondary N) is 3. The van der Waals surface area contributed by atoms with Gasteiger partial charge in [0.05, 0.1) is 42.1 Å². The molecule has 1 saturated heterocycles. The van der Waals surface area contributed by atoms with Crippen LogP contribution in [0, 0.1) is 0 Å². The average Bonchev–Trinajstić information content (AvgIpc) is 3.33. The van der Waals surface area contributed by atoms with Crippen LogP contribution >= 0.6 is 0 Å². The number of benzene rings is 3. The van der Waals surface area contributed by atoms with Crippen LogP contribution < -0.4 is 29.7 Å². The maximum Gasteiger partial charge on any atom is 0.258 e. The van der Waals surface area contributed by atoms with Gasteiger partial charge in [-0.25, -0.2) is 8.42 Å². The van der Waals surface area contributed by atoms with Crippen molar-refractivity contribution in [3.8, 4) is 11.5 Å². The first-order valence-corrected chi connectivity index (χ1v) is 16.4. The number of hydrogen-bond donors (Lipinski definition) is 3. The molecule has 1 fully saturated rings. The number of sulfonamides is 1. The highest BCUT2D eigenvalue weighted by molar-refractivity contribution is 7.92. The predicted octanol–water partition coefficient (Wildman–Crippen LogP) is 3.61. The molecule has 2 heterocycles. The molecule has 2 amide bonds. The van der Waals surface area contributed by atoms with Crippen molar-refractivity contribution in [2.24, 2.45) is 0 Å². The van der Waals surface area contributed by atoms with Gasteiger partial charge in [0.1, 0.15) is 6.54 Å². The second-order valence-electron chi connectivity index (χ2n) is 10.4. The third-order valence-electron chi connectivity index (χ3n) is 7.31. The molecule has 0 saturated carbocycles. The Morgan fingerprint density at radius 1 is 0.955 bits per heavy atom. The van der Waals surface area contributed by atoms with Crippen LogP contribution in [0.1, 0.15) is 25.0 Å². The fourth-order valence-corrected chi connectivity index (χ4v) is 6.09. The zero-order chi connectivity index (χ0) is 31.3. The first-order chi connectivity index (χ1) is 21.2. The Labute approximate surface area is 257 Å². The van der Waals surface area contributed by atoms with E-state index < -0.39 is 10.0 Å². The van der Waals surface area contributed by atoms with Gasteiger partial charge in [-0.05, 0) is 49.7 Å². The molecule has 11 nitrogen and oxygen atoms in total. The Morgan fingerprint density at radius 2 is 1.59 bits per heavy atom. The van der Waals surface area contributed by atoms with E-state index in [1.165, 1.54) is 0 Å². The van der Waals surface area contributed by atoms with Gasteiger partial charge in [0.2, 0.25) is 15.9 Å². The molecule has 0 aromatic heterocycles. The number of carbonyl (C=O) groups excluding carboxylic acids is 2. The summed E-state index contributed by atoms with van der Waals surface area (Å²) in [5.74, 6) is 0.550. The second-order valence-corrected chi connectivity index (χ2v) is 12.3. The number of rotatable bonds is 11. The van der Waals surface area contributed by atoms with Gasteiger partial charge in [0, 0.05) is 43.5 Å². The van der Waals surface area contributed by atoms with Crippen molar-refractivity contribution >= 4 is 50.2 Å². The quantitative estimate of drug-likeness (QED) is 0.278. The predicted molar refractivity (Wildman–Crippen MR) is 172 cm³/mol. The summed E-state index contributed by atoms with van der Waals surface area (Å²) in [4.78, 5) is 28.0. The molecular formula is C32H37N5O6S. The van der Waals surface area contributed by atoms with Crippen molar-refractivity contribution in [3.63, 3.8) is 0 Å². The van der Waals surface area contributed by atoms with Crippen LogP contribution in [-0.2, 0) is 19.6 Å². The molecule has 3 aromatic carbocycles. The maximum absolute atomic E-state index is 13.5. The van der Waals surface area contributed by atoms with Gasteiger partial charge in [-0.1, -0.05) is 30.3 Å². The van der Waals surface area contributed by atoms with Crippen LogP contribution in [-0.4, -0.2) is 77.3 Å². The van der Waals surface area contributed by atoms with E-state index in [9.17, 15) is 18.0 Å². The first kappa shape index (κ1) is 30.9. The molecule has 232 valence electrons. The third kappa shape index (κ3) is 6.81. The van der Waals surface area contributed by atoms with Crippen molar-refractivity contribution < 1.29 is 27.5 Å². The minimum absolute atomic E-state index is 0.250. The van der Waals surface area contributed by atoms with Crippen LogP contribution in [0.4, 0.5) is 17.1 Å². The summed E-state index contributed by atoms with van der Waals surface area (Å²) in [5.41, 5.74) is 4.04. The van der Waals surface area contributed by atoms with Gasteiger partial charge in [-0.3, -0.25) is 13.9 Å². The van der Waals surface area contributed by atoms with Crippen molar-refractivity contribution in [1.82, 2.24) is 10.2 Å². The van der Waals surface area contributed by atoms with Gasteiger partial charge in [0.25, 0.3) is 5.91 Å². The number of hydrogen-bond acceptors (Lipinski definition) is 8. The Bertz CT molecular complexity index is 1650. The number of fused-ring (bicyclic) bond motifs is 1. The number of nitrogens with zero attached hydrogens (tertiary/aromatic N) is 2. The molecule has 3 aromatic rings. The third-order valence-corrected chi connectivity index (χ3v) is 8.45. The summed E-state index contributed by atoms with van der Waals surface area (Å²) >= 11 is 0. The van der Waals surface area contributed by atoms with Gasteiger partial charge in [-0.2, -0.15) is 0 Å². The maximum atomic E-state index is 13.5. The van der Waals surface area contributed by atoms with E-state index in [-0.39, 0.29) is 18.4 Å². The molecule has 12 heteroatoms. The number of ether oxygens (including phenoxy) is 2. The largest absolute Gasteiger partial charge is 0.490 e. The highest BCUT2D eigenvalue weighted by Crippen LogP contribution is 2.43. The molecule has 0 unspecified atom stereocenters. The van der Waals surface area contributed by atoms with Crippen LogP contribution in [0.2, 0.25) is 0 Å². The van der Waals surface area contributed by atoms with E-state index in [1.54, 1.807) is 35.2 Å². The summed E-state index contributed by atoms with van der Waals surface area (Å²) in [5, 5.41) is 9.54. The highest BCUT2D eigenvalue weighted by atomic mass is 32.2. The molecule has 2 aliphatic rings. The van der Waals surface area contributed by atoms with Crippen molar-refractivity contribution in [3.05, 3.63) is 77.9 Å². The van der Waals surface area contributed by atoms with E-state index in [0.29, 0.717) is 84.8 Å². The molecule has 3 N–H and O–H groups in total. The lowest BCUT2D eigenvalue weighted by Gasteiger charge is -2.30. The van der Waals surface area contributed by atoms with Crippen molar-refractivity contribution in [2.45, 2.75) is 13.8 Å². The molecule has 2 aliphatic heterocycles. The monoisotopic (exact) mass is 619 g/mol. The van der Waals surface area contributed by atoms with E-state index in [0.717, 1.165) is 16.1 Å². The molecule has 0 spiro atoms. The van der Waals surface area contributed by atoms with E-state index in [4.69, 9.17) is 9.47 Å². The molecule has 0 atom stereocenters. The number of amides is 2. The minimum Gasteiger partial charge on any atom is -0.490 e. The summed E-state index contributed by atoms with van der Waals surface area (Å²) < 4.78 is 38.2. The lowest BCUT2D eigenvalue weighted by atomic mass is 9.99. The molecular weight excluding hydrogens is 582 g/mol. The zero-order valence-electron chi connectivity index (χ0n) is 25.1. The summed E-state index contributed by atoms with van der Waals surface area (Å²) in [6, 6.07) is 19.8. The molecule has 5 rings (SSSR count). The molecule has 0 aliphatic carbocycles. The van der Waals surface area contributed by atoms with Gasteiger partial charge >= 0.3 is 0 Å². The Morgan fingerprint density at radius 3 is 2.20 bits per heavy atom. The fourth-order valence-electron chi connectivity index (χ4n) is 5.24. The minimum atomic E-state index is -3.74. The smallest absolute Gasteiger partial charge is 0.258 e. The van der Waals surface area contributed by atoms with Gasteiger partial charge in [-0.15, -0.1) is 0 Å². The van der Waals surface area contributed by atoms with Crippen LogP contribution in [0.5, 0.6) is 11.5 Å². The van der Waals surface area contributed by atoms with Crippen molar-refractivity contribution in [2.75, 3.05) is 67.1 Å². The topological polar surface area (TPSA) is 129 Å². The second kappa shape index (κ2) is 13.4. The Balaban J connectivity index is 1.50. The van der Waals surface area contributed by atoms with Crippen LogP contribution in [0.3, 0.4) is 0 Å². The lowest BCUT2D eigenvalue weighted by Crippen LogP contribution is -2.50. The van der Waals surface area contributed by atoms with Gasteiger partial charge in [0.15, 0.2) is 11.5 Å². The van der Waals surface area contributed by atoms with Crippen LogP contribution in [0.15, 0.2) is 66.7 Å². The Kier molecular flexibility index (Phi) is 9.40. The standard InChI is InChI=1S/C32H37N5O6S/c1-4-42-27-19-25-26(20-28(27)43-5-2)35-32(39)30(25)31(22-9-7-6-8-10-22)34-23-11-13-24(14-12-23)37(44(3,40)41)21-29(38)36-17-15-33-16-18-36/h6-14,19-20,33-34H,4-5,15-18,21H2,1-3H3,(H,35,39). The molecule has 0 bridgehead atoms. The summed E-state index contributed by atoms with van der Waals surface area (Å²) in [6.07, 6.45) is 1.09. The number of carbonyl (C=O) groups is 2. The SMILES string of the molecule is CCOc1cc2c(cc1OCC)C(=C(Nc1ccc(N(CC(=O)N3CCNCC3)S(C)(=O)=O)cc1)c1ccccc1)C(=O)N2. The zero-order valence-corrected chi connectivity index (χ0v) is 25.9. The Hall–Kier alpha value is -4.55. The van der Waals surface area contributed by atoms with E-state index >= 15 is 0 Å². The number of piperazine rings is 1. The summed E-state index contributed by atoms with van der Waals surface area (Å²) in [7, 11) is -3.74. The molecule has 44 heavy (non-hydrogen) atoms. The lowest BCUT2D eigenvalue weighted by molar-refractivity contribution is -0.130. The first-order valence-electron chi connectivity index (χ1n) is 14.6. The van der Waals surface area contributed by atoms with E-state index in [1.807, 2.05) is 50.2 Å². The normalized spacial score (nSPS) is 15.7. The fraction of sp³-hybridized carbons (Fsp3) is 0.312. The summed E-state index contributed by atoms with van der Waals surface area (Å²) in [6.45, 7) is 6.78. The highest BCUT2D eigenvalue weighted by Gasteiger charge is 2.31. The van der Waals surface area contributed by atoms with Gasteiger partial charge < -0.3 is 30.3 Å². The van der Waals surface area contributed by atoms with E-state index in [2.05, 4.69) is 16.0 Å². The van der Waals surface area contributed by atoms with Crippen LogP contribution in [0.25, 0.3) is 11.3 Å². The molecule has 0 radical (unpaired) electrons. The van der Waals surface area contributed by atoms with Crippen molar-refractivity contribution in [1.29, 1.82) is 0 Å².